The number of carbonyl (C=O) groups is 1. The molecule has 0 saturated carbocycles. The number of carboxylic acids is 1. The maximum absolute atomic E-state index is 11.8. The number of nitrogens with zero attached hydrogens (tertiary/aromatic N) is 1. The predicted molar refractivity (Wildman–Crippen MR) is 60.0 cm³/mol. The van der Waals surface area contributed by atoms with Gasteiger partial charge in [-0.3, -0.25) is 9.59 Å². The monoisotopic (exact) mass is 273 g/mol. The van der Waals surface area contributed by atoms with Gasteiger partial charge < -0.3 is 9.67 Å². The molecule has 0 amide bonds. The fourth-order valence-corrected chi connectivity index (χ4v) is 1.77. The van der Waals surface area contributed by atoms with Crippen LogP contribution in [0.3, 0.4) is 0 Å². The van der Waals surface area contributed by atoms with Gasteiger partial charge in [0.05, 0.1) is 5.41 Å². The normalized spacial score (nSPS) is 11.5. The Labute approximate surface area is 95.7 Å². The molecule has 0 aliphatic rings. The Bertz CT molecular complexity index is 462. The van der Waals surface area contributed by atoms with Gasteiger partial charge >= 0.3 is 5.97 Å². The lowest BCUT2D eigenvalue weighted by molar-refractivity contribution is -0.142. The van der Waals surface area contributed by atoms with E-state index in [2.05, 4.69) is 15.9 Å². The Morgan fingerprint density at radius 3 is 2.53 bits per heavy atom. The third-order valence-electron chi connectivity index (χ3n) is 2.36. The molecule has 0 unspecified atom stereocenters. The summed E-state index contributed by atoms with van der Waals surface area (Å²) in [6.07, 6.45) is 1.60. The highest BCUT2D eigenvalue weighted by molar-refractivity contribution is 9.10. The van der Waals surface area contributed by atoms with E-state index in [1.54, 1.807) is 19.3 Å². The summed E-state index contributed by atoms with van der Waals surface area (Å²) in [6.45, 7) is 3.02. The molecule has 1 aromatic rings. The van der Waals surface area contributed by atoms with Crippen LogP contribution in [0.2, 0.25) is 0 Å². The van der Waals surface area contributed by atoms with Crippen LogP contribution in [-0.4, -0.2) is 15.6 Å². The first kappa shape index (κ1) is 12.0. The molecule has 0 saturated heterocycles. The van der Waals surface area contributed by atoms with Crippen molar-refractivity contribution in [1.29, 1.82) is 0 Å². The van der Waals surface area contributed by atoms with Crippen LogP contribution in [0.5, 0.6) is 0 Å². The maximum atomic E-state index is 11.8. The van der Waals surface area contributed by atoms with E-state index in [0.717, 1.165) is 0 Å². The van der Waals surface area contributed by atoms with E-state index in [4.69, 9.17) is 5.11 Å². The molecular formula is C10H12BrNO3. The minimum Gasteiger partial charge on any atom is -0.481 e. The number of rotatable bonds is 2. The number of hydrogen-bond acceptors (Lipinski definition) is 2. The summed E-state index contributed by atoms with van der Waals surface area (Å²) in [5, 5.41) is 9.04. The number of hydrogen-bond donors (Lipinski definition) is 1. The third kappa shape index (κ3) is 2.12. The number of halogens is 1. The van der Waals surface area contributed by atoms with Crippen molar-refractivity contribution in [2.45, 2.75) is 19.3 Å². The van der Waals surface area contributed by atoms with Crippen molar-refractivity contribution in [2.75, 3.05) is 0 Å². The van der Waals surface area contributed by atoms with Crippen molar-refractivity contribution < 1.29 is 9.90 Å². The third-order valence-corrected chi connectivity index (χ3v) is 2.79. The Morgan fingerprint density at radius 1 is 1.53 bits per heavy atom. The van der Waals surface area contributed by atoms with Crippen LogP contribution in [0, 0.1) is 0 Å². The van der Waals surface area contributed by atoms with E-state index < -0.39 is 11.4 Å². The summed E-state index contributed by atoms with van der Waals surface area (Å²) < 4.78 is 2.05. The first-order valence-electron chi connectivity index (χ1n) is 4.37. The molecule has 0 aliphatic carbocycles. The Morgan fingerprint density at radius 2 is 2.07 bits per heavy atom. The van der Waals surface area contributed by atoms with Gasteiger partial charge in [-0.2, -0.15) is 0 Å². The SMILES string of the molecule is Cn1cc(Br)cc(C(C)(C)C(=O)O)c1=O. The molecule has 1 N–H and O–H groups in total. The Hall–Kier alpha value is -1.10. The molecule has 4 nitrogen and oxygen atoms in total. The maximum Gasteiger partial charge on any atom is 0.313 e. The molecule has 5 heteroatoms. The van der Waals surface area contributed by atoms with Crippen molar-refractivity contribution >= 4 is 21.9 Å². The minimum absolute atomic E-state index is 0.270. The molecule has 0 aliphatic heterocycles. The zero-order valence-corrected chi connectivity index (χ0v) is 10.3. The van der Waals surface area contributed by atoms with Gasteiger partial charge in [-0.25, -0.2) is 0 Å². The second-order valence-corrected chi connectivity index (χ2v) is 4.83. The molecule has 82 valence electrons. The second kappa shape index (κ2) is 3.81. The van der Waals surface area contributed by atoms with E-state index in [1.807, 2.05) is 0 Å². The largest absolute Gasteiger partial charge is 0.481 e. The van der Waals surface area contributed by atoms with Crippen LogP contribution in [0.1, 0.15) is 19.4 Å². The summed E-state index contributed by atoms with van der Waals surface area (Å²) in [4.78, 5) is 22.8. The summed E-state index contributed by atoms with van der Waals surface area (Å²) in [6, 6.07) is 1.55. The van der Waals surface area contributed by atoms with Crippen molar-refractivity contribution in [3.8, 4) is 0 Å². The molecule has 0 radical (unpaired) electrons. The van der Waals surface area contributed by atoms with Gasteiger partial charge in [0.15, 0.2) is 0 Å². The van der Waals surface area contributed by atoms with Gasteiger partial charge in [0.25, 0.3) is 5.56 Å². The highest BCUT2D eigenvalue weighted by Gasteiger charge is 2.32. The average molecular weight is 274 g/mol. The topological polar surface area (TPSA) is 59.3 Å². The quantitative estimate of drug-likeness (QED) is 0.889. The summed E-state index contributed by atoms with van der Waals surface area (Å²) in [5.41, 5.74) is -1.20. The van der Waals surface area contributed by atoms with Crippen LogP contribution in [-0.2, 0) is 17.3 Å². The lowest BCUT2D eigenvalue weighted by Gasteiger charge is -2.19. The van der Waals surface area contributed by atoms with Gasteiger partial charge in [0.2, 0.25) is 0 Å². The molecule has 0 spiro atoms. The van der Waals surface area contributed by atoms with Crippen molar-refractivity contribution in [3.63, 3.8) is 0 Å². The van der Waals surface area contributed by atoms with Gasteiger partial charge in [-0.1, -0.05) is 0 Å². The van der Waals surface area contributed by atoms with Gasteiger partial charge in [0.1, 0.15) is 0 Å². The van der Waals surface area contributed by atoms with Gasteiger partial charge in [-0.15, -0.1) is 0 Å². The average Bonchev–Trinajstić information content (AvgIpc) is 2.10. The number of aromatic nitrogens is 1. The zero-order valence-electron chi connectivity index (χ0n) is 8.74. The second-order valence-electron chi connectivity index (χ2n) is 3.92. The van der Waals surface area contributed by atoms with Crippen molar-refractivity contribution in [3.05, 3.63) is 32.7 Å². The molecule has 0 fully saturated rings. The zero-order chi connectivity index (χ0) is 11.8. The first-order chi connectivity index (χ1) is 6.76. The first-order valence-corrected chi connectivity index (χ1v) is 5.16. The van der Waals surface area contributed by atoms with Crippen LogP contribution >= 0.6 is 15.9 Å². The van der Waals surface area contributed by atoms with E-state index in [1.165, 1.54) is 18.4 Å². The molecular weight excluding hydrogens is 262 g/mol. The fraction of sp³-hybridized carbons (Fsp3) is 0.400. The Kier molecular flexibility index (Phi) is 3.04. The van der Waals surface area contributed by atoms with Crippen LogP contribution in [0.25, 0.3) is 0 Å². The number of carboxylic acid groups (broad SMARTS) is 1. The van der Waals surface area contributed by atoms with E-state index in [-0.39, 0.29) is 11.1 Å². The fourth-order valence-electron chi connectivity index (χ4n) is 1.23. The van der Waals surface area contributed by atoms with E-state index in [0.29, 0.717) is 4.47 Å². The van der Waals surface area contributed by atoms with Crippen LogP contribution in [0.15, 0.2) is 21.5 Å². The smallest absolute Gasteiger partial charge is 0.313 e. The van der Waals surface area contributed by atoms with Crippen molar-refractivity contribution in [1.82, 2.24) is 4.57 Å². The highest BCUT2D eigenvalue weighted by Crippen LogP contribution is 2.22. The number of pyridine rings is 1. The molecule has 1 aromatic heterocycles. The summed E-state index contributed by atoms with van der Waals surface area (Å²) >= 11 is 3.24. The summed E-state index contributed by atoms with van der Waals surface area (Å²) in [5.74, 6) is -1.02. The van der Waals surface area contributed by atoms with Crippen LogP contribution < -0.4 is 5.56 Å². The molecule has 1 heterocycles. The number of aliphatic carboxylic acids is 1. The predicted octanol–water partition coefficient (Wildman–Crippen LogP) is 1.51. The van der Waals surface area contributed by atoms with E-state index >= 15 is 0 Å². The Balaban J connectivity index is 3.51. The highest BCUT2D eigenvalue weighted by atomic mass is 79.9. The summed E-state index contributed by atoms with van der Waals surface area (Å²) in [7, 11) is 1.59. The lowest BCUT2D eigenvalue weighted by Crippen LogP contribution is -2.36. The van der Waals surface area contributed by atoms with Crippen LogP contribution in [0.4, 0.5) is 0 Å². The van der Waals surface area contributed by atoms with E-state index in [9.17, 15) is 9.59 Å². The van der Waals surface area contributed by atoms with Gasteiger partial charge in [-0.05, 0) is 35.8 Å². The minimum atomic E-state index is -1.18. The standard InChI is InChI=1S/C10H12BrNO3/c1-10(2,9(14)15)7-4-6(11)5-12(3)8(7)13/h4-5H,1-3H3,(H,14,15). The number of aryl methyl sites for hydroxylation is 1. The molecule has 1 rings (SSSR count). The lowest BCUT2D eigenvalue weighted by atomic mass is 9.86. The molecule has 15 heavy (non-hydrogen) atoms. The molecule has 0 atom stereocenters. The molecule has 0 aromatic carbocycles. The van der Waals surface area contributed by atoms with Gasteiger partial charge in [0, 0.05) is 23.3 Å². The molecule has 0 bridgehead atoms. The van der Waals surface area contributed by atoms with Crippen molar-refractivity contribution in [2.24, 2.45) is 7.05 Å².